The van der Waals surface area contributed by atoms with Gasteiger partial charge in [0.2, 0.25) is 5.91 Å². The Morgan fingerprint density at radius 2 is 1.84 bits per heavy atom. The summed E-state index contributed by atoms with van der Waals surface area (Å²) in [5.74, 6) is -0.0527. The lowest BCUT2D eigenvalue weighted by atomic mass is 10.0. The number of amides is 1. The molecule has 0 radical (unpaired) electrons. The minimum Gasteiger partial charge on any atom is -0.390 e. The lowest BCUT2D eigenvalue weighted by molar-refractivity contribution is -0.137. The van der Waals surface area contributed by atoms with E-state index in [2.05, 4.69) is 5.16 Å². The van der Waals surface area contributed by atoms with Gasteiger partial charge in [0.15, 0.2) is 6.10 Å². The molecule has 0 aliphatic carbocycles. The van der Waals surface area contributed by atoms with Crippen LogP contribution >= 0.6 is 0 Å². The molecule has 2 aromatic carbocycles. The normalized spacial score (nSPS) is 16.2. The number of hydrogen-bond donors (Lipinski definition) is 0. The first-order valence-corrected chi connectivity index (χ1v) is 8.35. The van der Waals surface area contributed by atoms with E-state index in [-0.39, 0.29) is 18.6 Å². The van der Waals surface area contributed by atoms with Crippen LogP contribution in [0.15, 0.2) is 65.8 Å². The minimum absolute atomic E-state index is 0.0527. The molecule has 5 nitrogen and oxygen atoms in total. The van der Waals surface area contributed by atoms with Crippen molar-refractivity contribution in [1.82, 2.24) is 4.90 Å². The zero-order valence-electron chi connectivity index (χ0n) is 14.3. The topological polar surface area (TPSA) is 51.1 Å². The number of methoxy groups -OCH3 is 1. The molecule has 0 saturated heterocycles. The SMILES string of the molecule is COCC(=O)N(Cc1ccccc1)CC1CC(c2ccccc2)=NO1. The maximum absolute atomic E-state index is 12.4. The van der Waals surface area contributed by atoms with Crippen LogP contribution in [0, 0.1) is 0 Å². The highest BCUT2D eigenvalue weighted by Gasteiger charge is 2.26. The highest BCUT2D eigenvalue weighted by atomic mass is 16.6. The Labute approximate surface area is 147 Å². The van der Waals surface area contributed by atoms with Gasteiger partial charge in [0.25, 0.3) is 0 Å². The fourth-order valence-corrected chi connectivity index (χ4v) is 2.85. The quantitative estimate of drug-likeness (QED) is 0.780. The van der Waals surface area contributed by atoms with Crippen LogP contribution < -0.4 is 0 Å². The number of oxime groups is 1. The van der Waals surface area contributed by atoms with Crippen molar-refractivity contribution >= 4 is 11.6 Å². The summed E-state index contributed by atoms with van der Waals surface area (Å²) in [6.45, 7) is 1.08. The number of rotatable bonds is 7. The van der Waals surface area contributed by atoms with Gasteiger partial charge in [-0.25, -0.2) is 0 Å². The second kappa shape index (κ2) is 8.44. The van der Waals surface area contributed by atoms with Gasteiger partial charge in [-0.3, -0.25) is 4.79 Å². The van der Waals surface area contributed by atoms with E-state index >= 15 is 0 Å². The summed E-state index contributed by atoms with van der Waals surface area (Å²) in [5, 5.41) is 4.20. The monoisotopic (exact) mass is 338 g/mol. The highest BCUT2D eigenvalue weighted by molar-refractivity contribution is 6.01. The summed E-state index contributed by atoms with van der Waals surface area (Å²) >= 11 is 0. The summed E-state index contributed by atoms with van der Waals surface area (Å²) < 4.78 is 5.02. The maximum atomic E-state index is 12.4. The molecule has 1 aliphatic rings. The standard InChI is InChI=1S/C20H22N2O3/c1-24-15-20(23)22(13-16-8-4-2-5-9-16)14-18-12-19(21-25-18)17-10-6-3-7-11-17/h2-11,18H,12-15H2,1H3. The van der Waals surface area contributed by atoms with Crippen LogP contribution in [0.5, 0.6) is 0 Å². The predicted octanol–water partition coefficient (Wildman–Crippen LogP) is 2.85. The molecule has 1 heterocycles. The van der Waals surface area contributed by atoms with Crippen LogP contribution in [0.4, 0.5) is 0 Å². The van der Waals surface area contributed by atoms with Gasteiger partial charge >= 0.3 is 0 Å². The maximum Gasteiger partial charge on any atom is 0.248 e. The smallest absolute Gasteiger partial charge is 0.248 e. The van der Waals surface area contributed by atoms with Crippen LogP contribution in [0.25, 0.3) is 0 Å². The molecule has 0 spiro atoms. The second-order valence-corrected chi connectivity index (χ2v) is 6.03. The predicted molar refractivity (Wildman–Crippen MR) is 96.2 cm³/mol. The number of nitrogens with zero attached hydrogens (tertiary/aromatic N) is 2. The van der Waals surface area contributed by atoms with Crippen LogP contribution in [-0.4, -0.2) is 42.9 Å². The Balaban J connectivity index is 1.64. The summed E-state index contributed by atoms with van der Waals surface area (Å²) in [4.78, 5) is 19.7. The molecular formula is C20H22N2O3. The Kier molecular flexibility index (Phi) is 5.80. The van der Waals surface area contributed by atoms with Gasteiger partial charge in [-0.15, -0.1) is 0 Å². The van der Waals surface area contributed by atoms with Gasteiger partial charge in [0.1, 0.15) is 6.61 Å². The number of carbonyl (C=O) groups excluding carboxylic acids is 1. The van der Waals surface area contributed by atoms with Crippen LogP contribution in [0.3, 0.4) is 0 Å². The van der Waals surface area contributed by atoms with Crippen molar-refractivity contribution in [2.45, 2.75) is 19.1 Å². The third-order valence-corrected chi connectivity index (χ3v) is 4.10. The highest BCUT2D eigenvalue weighted by Crippen LogP contribution is 2.18. The minimum atomic E-state index is -0.139. The Morgan fingerprint density at radius 1 is 1.16 bits per heavy atom. The van der Waals surface area contributed by atoms with Crippen LogP contribution in [0.2, 0.25) is 0 Å². The Hall–Kier alpha value is -2.66. The zero-order chi connectivity index (χ0) is 17.5. The average Bonchev–Trinajstić information content (AvgIpc) is 3.12. The van der Waals surface area contributed by atoms with Crippen molar-refractivity contribution in [3.8, 4) is 0 Å². The van der Waals surface area contributed by atoms with Gasteiger partial charge in [-0.05, 0) is 11.1 Å². The number of ether oxygens (including phenoxy) is 1. The third-order valence-electron chi connectivity index (χ3n) is 4.10. The summed E-state index contributed by atoms with van der Waals surface area (Å²) in [6.07, 6.45) is 0.551. The van der Waals surface area contributed by atoms with Gasteiger partial charge in [0, 0.05) is 20.1 Å². The van der Waals surface area contributed by atoms with Crippen LogP contribution in [-0.2, 0) is 20.9 Å². The second-order valence-electron chi connectivity index (χ2n) is 6.03. The Morgan fingerprint density at radius 3 is 2.52 bits per heavy atom. The summed E-state index contributed by atoms with van der Waals surface area (Å²) in [5.41, 5.74) is 3.06. The van der Waals surface area contributed by atoms with Crippen molar-refractivity contribution in [2.75, 3.05) is 20.3 Å². The molecule has 0 bridgehead atoms. The first-order valence-electron chi connectivity index (χ1n) is 8.35. The van der Waals surface area contributed by atoms with Crippen molar-refractivity contribution in [1.29, 1.82) is 0 Å². The van der Waals surface area contributed by atoms with E-state index in [9.17, 15) is 4.79 Å². The lowest BCUT2D eigenvalue weighted by Gasteiger charge is -2.24. The van der Waals surface area contributed by atoms with Gasteiger partial charge in [-0.2, -0.15) is 0 Å². The molecule has 0 fully saturated rings. The molecule has 1 atom stereocenters. The molecule has 5 heteroatoms. The van der Waals surface area contributed by atoms with Crippen molar-refractivity contribution in [2.24, 2.45) is 5.16 Å². The fourth-order valence-electron chi connectivity index (χ4n) is 2.85. The van der Waals surface area contributed by atoms with Crippen molar-refractivity contribution in [3.05, 3.63) is 71.8 Å². The van der Waals surface area contributed by atoms with Crippen molar-refractivity contribution < 1.29 is 14.4 Å². The molecular weight excluding hydrogens is 316 g/mol. The van der Waals surface area contributed by atoms with Gasteiger partial charge < -0.3 is 14.5 Å². The molecule has 1 aliphatic heterocycles. The van der Waals surface area contributed by atoms with E-state index in [4.69, 9.17) is 9.57 Å². The molecule has 25 heavy (non-hydrogen) atoms. The number of carbonyl (C=O) groups is 1. The summed E-state index contributed by atoms with van der Waals surface area (Å²) in [6, 6.07) is 19.9. The van der Waals surface area contributed by atoms with Crippen molar-refractivity contribution in [3.63, 3.8) is 0 Å². The van der Waals surface area contributed by atoms with E-state index < -0.39 is 0 Å². The number of benzene rings is 2. The van der Waals surface area contributed by atoms with Crippen LogP contribution in [0.1, 0.15) is 17.5 Å². The largest absolute Gasteiger partial charge is 0.390 e. The molecule has 1 unspecified atom stereocenters. The van der Waals surface area contributed by atoms with E-state index in [1.54, 1.807) is 4.90 Å². The molecule has 3 rings (SSSR count). The summed E-state index contributed by atoms with van der Waals surface area (Å²) in [7, 11) is 1.53. The molecule has 0 N–H and O–H groups in total. The Bertz CT molecular complexity index is 716. The van der Waals surface area contributed by atoms with Gasteiger partial charge in [-0.1, -0.05) is 65.8 Å². The fraction of sp³-hybridized carbons (Fsp3) is 0.300. The number of hydrogen-bond acceptors (Lipinski definition) is 4. The molecule has 1 amide bonds. The zero-order valence-corrected chi connectivity index (χ0v) is 14.3. The van der Waals surface area contributed by atoms with E-state index in [0.717, 1.165) is 16.8 Å². The van der Waals surface area contributed by atoms with E-state index in [1.165, 1.54) is 7.11 Å². The lowest BCUT2D eigenvalue weighted by Crippen LogP contribution is -2.39. The van der Waals surface area contributed by atoms with E-state index in [0.29, 0.717) is 19.5 Å². The molecule has 0 aromatic heterocycles. The third kappa shape index (κ3) is 4.67. The van der Waals surface area contributed by atoms with E-state index in [1.807, 2.05) is 60.7 Å². The first-order chi connectivity index (χ1) is 12.3. The van der Waals surface area contributed by atoms with Gasteiger partial charge in [0.05, 0.1) is 12.3 Å². The molecule has 130 valence electrons. The molecule has 2 aromatic rings. The molecule has 0 saturated carbocycles. The average molecular weight is 338 g/mol. The first kappa shape index (κ1) is 17.2.